The van der Waals surface area contributed by atoms with Gasteiger partial charge in [0.2, 0.25) is 0 Å². The van der Waals surface area contributed by atoms with Gasteiger partial charge in [0.25, 0.3) is 0 Å². The van der Waals surface area contributed by atoms with Crippen molar-refractivity contribution in [1.82, 2.24) is 0 Å². The number of ether oxygens (including phenoxy) is 1. The van der Waals surface area contributed by atoms with Crippen LogP contribution >= 0.6 is 8.25 Å². The first-order valence-corrected chi connectivity index (χ1v) is 10.5. The minimum Gasteiger partial charge on any atom is -0.456 e. The molecule has 0 N–H and O–H groups in total. The molecule has 0 spiro atoms. The molecular weight excluding hydrogens is 353 g/mol. The average molecular weight is 391 g/mol. The summed E-state index contributed by atoms with van der Waals surface area (Å²) in [5, 5.41) is 0. The molecule has 0 bridgehead atoms. The third kappa shape index (κ3) is 13.4. The van der Waals surface area contributed by atoms with Crippen molar-refractivity contribution in [2.75, 3.05) is 47.0 Å². The summed E-state index contributed by atoms with van der Waals surface area (Å²) in [7, 11) is 1.92. The van der Waals surface area contributed by atoms with Gasteiger partial charge in [0.15, 0.2) is 6.61 Å². The number of unbranched alkanes of at least 4 members (excludes halogenated alkanes) is 1. The summed E-state index contributed by atoms with van der Waals surface area (Å²) in [4.78, 5) is 11.4. The molecule has 0 radical (unpaired) electrons. The summed E-state index contributed by atoms with van der Waals surface area (Å²) in [5.74, 6) is -0.375. The van der Waals surface area contributed by atoms with Gasteiger partial charge in [-0.2, -0.15) is 0 Å². The standard InChI is InChI=1S/C19H38NO5P/c1-8-9-10-19(4,5)11-14-24-26(22)25-16-13-20(6,7)12-15-23-18(21)17(2)3/h2,8-16H2,1,3-7H3/q+2. The number of hydrogen-bond donors (Lipinski definition) is 0. The first kappa shape index (κ1) is 25.2. The first-order chi connectivity index (χ1) is 12.0. The van der Waals surface area contributed by atoms with Crippen molar-refractivity contribution in [2.45, 2.75) is 53.4 Å². The van der Waals surface area contributed by atoms with E-state index in [2.05, 4.69) is 27.4 Å². The Bertz CT molecular complexity index is 463. The molecule has 26 heavy (non-hydrogen) atoms. The molecule has 0 aliphatic heterocycles. The minimum absolute atomic E-state index is 0.201. The SMILES string of the molecule is C=C(C)C(=O)OCC[N+](C)(C)CCO[P+](=O)OCCC(C)(C)CCCC. The van der Waals surface area contributed by atoms with Gasteiger partial charge in [0, 0.05) is 10.1 Å². The predicted octanol–water partition coefficient (Wildman–Crippen LogP) is 4.48. The van der Waals surface area contributed by atoms with Crippen molar-refractivity contribution in [2.24, 2.45) is 5.41 Å². The highest BCUT2D eigenvalue weighted by Gasteiger charge is 2.26. The number of rotatable bonds is 15. The molecule has 1 unspecified atom stereocenters. The zero-order valence-electron chi connectivity index (χ0n) is 17.5. The number of esters is 1. The van der Waals surface area contributed by atoms with Crippen molar-refractivity contribution in [1.29, 1.82) is 0 Å². The Balaban J connectivity index is 3.91. The van der Waals surface area contributed by atoms with E-state index in [1.54, 1.807) is 6.92 Å². The second-order valence-electron chi connectivity index (χ2n) is 8.21. The molecule has 0 rings (SSSR count). The summed E-state index contributed by atoms with van der Waals surface area (Å²) in [6, 6.07) is 0. The first-order valence-electron chi connectivity index (χ1n) is 9.37. The summed E-state index contributed by atoms with van der Waals surface area (Å²) < 4.78 is 28.1. The highest BCUT2D eigenvalue weighted by atomic mass is 31.1. The molecular formula is C19H38NO5P+2. The number of hydrogen-bond acceptors (Lipinski definition) is 5. The van der Waals surface area contributed by atoms with E-state index < -0.39 is 8.25 Å². The number of likely N-dealkylation sites (N-methyl/N-ethyl adjacent to an activating group) is 1. The van der Waals surface area contributed by atoms with E-state index in [4.69, 9.17) is 13.8 Å². The Labute approximate surface area is 160 Å². The van der Waals surface area contributed by atoms with E-state index in [9.17, 15) is 9.36 Å². The topological polar surface area (TPSA) is 61.8 Å². The molecule has 0 aromatic rings. The molecule has 0 heterocycles. The molecule has 0 fully saturated rings. The quantitative estimate of drug-likeness (QED) is 0.178. The van der Waals surface area contributed by atoms with Crippen LogP contribution in [-0.4, -0.2) is 57.5 Å². The van der Waals surface area contributed by atoms with Gasteiger partial charge in [-0.3, -0.25) is 0 Å². The fourth-order valence-electron chi connectivity index (χ4n) is 2.20. The van der Waals surface area contributed by atoms with Crippen LogP contribution in [-0.2, 0) is 23.1 Å². The third-order valence-electron chi connectivity index (χ3n) is 4.35. The van der Waals surface area contributed by atoms with Crippen LogP contribution < -0.4 is 0 Å². The van der Waals surface area contributed by atoms with E-state index >= 15 is 0 Å². The van der Waals surface area contributed by atoms with Gasteiger partial charge in [0.1, 0.15) is 26.3 Å². The van der Waals surface area contributed by atoms with Crippen molar-refractivity contribution < 1.29 is 27.6 Å². The molecule has 1 atom stereocenters. The Morgan fingerprint density at radius 3 is 2.23 bits per heavy atom. The summed E-state index contributed by atoms with van der Waals surface area (Å²) in [6.45, 7) is 14.2. The monoisotopic (exact) mass is 391 g/mol. The van der Waals surface area contributed by atoms with E-state index in [0.717, 1.165) is 12.8 Å². The van der Waals surface area contributed by atoms with Gasteiger partial charge in [-0.05, 0) is 25.2 Å². The van der Waals surface area contributed by atoms with E-state index in [0.29, 0.717) is 43.0 Å². The van der Waals surface area contributed by atoms with Gasteiger partial charge >= 0.3 is 14.2 Å². The van der Waals surface area contributed by atoms with Crippen molar-refractivity contribution >= 4 is 14.2 Å². The summed E-state index contributed by atoms with van der Waals surface area (Å²) in [6.07, 6.45) is 4.39. The highest BCUT2D eigenvalue weighted by Crippen LogP contribution is 2.30. The maximum Gasteiger partial charge on any atom is 0.697 e. The minimum atomic E-state index is -2.09. The lowest BCUT2D eigenvalue weighted by Gasteiger charge is -2.28. The molecule has 6 nitrogen and oxygen atoms in total. The Morgan fingerprint density at radius 2 is 1.65 bits per heavy atom. The Kier molecular flexibility index (Phi) is 12.2. The van der Waals surface area contributed by atoms with Gasteiger partial charge in [-0.15, -0.1) is 9.05 Å². The van der Waals surface area contributed by atoms with Crippen LogP contribution in [0, 0.1) is 5.41 Å². The Morgan fingerprint density at radius 1 is 1.08 bits per heavy atom. The number of carbonyl (C=O) groups is 1. The van der Waals surface area contributed by atoms with Crippen molar-refractivity contribution in [3.63, 3.8) is 0 Å². The second-order valence-corrected chi connectivity index (χ2v) is 9.17. The van der Waals surface area contributed by atoms with Crippen LogP contribution in [0.3, 0.4) is 0 Å². The number of quaternary nitrogens is 1. The maximum atomic E-state index is 11.8. The largest absolute Gasteiger partial charge is 0.697 e. The van der Waals surface area contributed by atoms with Crippen molar-refractivity contribution in [3.05, 3.63) is 12.2 Å². The molecule has 152 valence electrons. The number of carbonyl (C=O) groups excluding carboxylic acids is 1. The zero-order chi connectivity index (χ0) is 20.2. The van der Waals surface area contributed by atoms with Crippen molar-refractivity contribution in [3.8, 4) is 0 Å². The second kappa shape index (κ2) is 12.6. The smallest absolute Gasteiger partial charge is 0.456 e. The molecule has 0 saturated heterocycles. The molecule has 0 saturated carbocycles. The van der Waals surface area contributed by atoms with Crippen LogP contribution in [0.1, 0.15) is 53.4 Å². The van der Waals surface area contributed by atoms with E-state index in [1.165, 1.54) is 12.8 Å². The summed E-state index contributed by atoms with van der Waals surface area (Å²) in [5.41, 5.74) is 0.595. The Hall–Kier alpha value is -0.810. The maximum absolute atomic E-state index is 11.8. The molecule has 7 heteroatoms. The lowest BCUT2D eigenvalue weighted by molar-refractivity contribution is -0.890. The molecule has 0 aliphatic rings. The summed E-state index contributed by atoms with van der Waals surface area (Å²) >= 11 is 0. The fourth-order valence-corrected chi connectivity index (χ4v) is 2.74. The number of nitrogens with zero attached hydrogens (tertiary/aromatic N) is 1. The molecule has 0 aliphatic carbocycles. The predicted molar refractivity (Wildman–Crippen MR) is 105 cm³/mol. The van der Waals surface area contributed by atoms with E-state index in [-0.39, 0.29) is 11.4 Å². The van der Waals surface area contributed by atoms with Crippen LogP contribution in [0.25, 0.3) is 0 Å². The van der Waals surface area contributed by atoms with Gasteiger partial charge in [-0.1, -0.05) is 40.2 Å². The third-order valence-corrected chi connectivity index (χ3v) is 5.14. The molecule has 0 aromatic heterocycles. The molecule has 0 aromatic carbocycles. The van der Waals surface area contributed by atoms with Gasteiger partial charge in [-0.25, -0.2) is 4.79 Å². The highest BCUT2D eigenvalue weighted by molar-refractivity contribution is 7.33. The van der Waals surface area contributed by atoms with E-state index in [1.807, 2.05) is 14.1 Å². The van der Waals surface area contributed by atoms with Gasteiger partial charge < -0.3 is 9.22 Å². The lowest BCUT2D eigenvalue weighted by atomic mass is 9.84. The molecule has 0 amide bonds. The normalized spacial score (nSPS) is 12.8. The van der Waals surface area contributed by atoms with Crippen LogP contribution in [0.15, 0.2) is 12.2 Å². The zero-order valence-corrected chi connectivity index (χ0v) is 18.4. The van der Waals surface area contributed by atoms with Crippen LogP contribution in [0.2, 0.25) is 0 Å². The average Bonchev–Trinajstić information content (AvgIpc) is 2.52. The lowest BCUT2D eigenvalue weighted by Crippen LogP contribution is -2.44. The van der Waals surface area contributed by atoms with Crippen LogP contribution in [0.5, 0.6) is 0 Å². The fraction of sp³-hybridized carbons (Fsp3) is 0.842. The van der Waals surface area contributed by atoms with Crippen LogP contribution in [0.4, 0.5) is 0 Å². The van der Waals surface area contributed by atoms with Gasteiger partial charge in [0.05, 0.1) is 14.1 Å².